The molecule has 1 unspecified atom stereocenters. The Hall–Kier alpha value is -1.57. The van der Waals surface area contributed by atoms with Gasteiger partial charge in [-0.05, 0) is 44.1 Å². The van der Waals surface area contributed by atoms with Gasteiger partial charge in [-0.15, -0.1) is 0 Å². The first kappa shape index (κ1) is 17.5. The summed E-state index contributed by atoms with van der Waals surface area (Å²) in [7, 11) is 0. The SMILES string of the molecule is CCCN(CC)CCNC(C)c1ccc(OCC#N)cc1. The van der Waals surface area contributed by atoms with Crippen molar-refractivity contribution in [3.8, 4) is 11.8 Å². The van der Waals surface area contributed by atoms with E-state index in [-0.39, 0.29) is 6.61 Å². The van der Waals surface area contributed by atoms with E-state index in [1.807, 2.05) is 30.3 Å². The van der Waals surface area contributed by atoms with Crippen molar-refractivity contribution in [1.82, 2.24) is 10.2 Å². The average Bonchev–Trinajstić information content (AvgIpc) is 2.52. The van der Waals surface area contributed by atoms with Gasteiger partial charge in [0.05, 0.1) is 0 Å². The summed E-state index contributed by atoms with van der Waals surface area (Å²) >= 11 is 0. The fourth-order valence-corrected chi connectivity index (χ4v) is 2.27. The number of nitrogens with zero attached hydrogens (tertiary/aromatic N) is 2. The van der Waals surface area contributed by atoms with Crippen molar-refractivity contribution < 1.29 is 4.74 Å². The third kappa shape index (κ3) is 6.61. The zero-order chi connectivity index (χ0) is 15.5. The summed E-state index contributed by atoms with van der Waals surface area (Å²) < 4.78 is 5.26. The van der Waals surface area contributed by atoms with Crippen molar-refractivity contribution in [1.29, 1.82) is 5.26 Å². The molecule has 0 saturated heterocycles. The molecule has 0 aromatic heterocycles. The summed E-state index contributed by atoms with van der Waals surface area (Å²) in [5.41, 5.74) is 1.23. The van der Waals surface area contributed by atoms with Crippen LogP contribution in [0.2, 0.25) is 0 Å². The normalized spacial score (nSPS) is 12.1. The van der Waals surface area contributed by atoms with Crippen LogP contribution in [0.25, 0.3) is 0 Å². The highest BCUT2D eigenvalue weighted by molar-refractivity contribution is 5.29. The van der Waals surface area contributed by atoms with Crippen LogP contribution in [0, 0.1) is 11.3 Å². The van der Waals surface area contributed by atoms with E-state index in [4.69, 9.17) is 10.00 Å². The van der Waals surface area contributed by atoms with Gasteiger partial charge in [0.2, 0.25) is 0 Å². The molecule has 0 spiro atoms. The van der Waals surface area contributed by atoms with Crippen molar-refractivity contribution in [2.24, 2.45) is 0 Å². The Labute approximate surface area is 128 Å². The summed E-state index contributed by atoms with van der Waals surface area (Å²) in [4.78, 5) is 2.46. The first-order chi connectivity index (χ1) is 10.2. The van der Waals surface area contributed by atoms with Crippen LogP contribution in [0.1, 0.15) is 38.8 Å². The number of benzene rings is 1. The molecule has 0 aliphatic rings. The van der Waals surface area contributed by atoms with Gasteiger partial charge in [0.15, 0.2) is 6.61 Å². The van der Waals surface area contributed by atoms with E-state index in [9.17, 15) is 0 Å². The standard InChI is InChI=1S/C17H27N3O/c1-4-12-20(5-2)13-11-19-15(3)16-6-8-17(9-7-16)21-14-10-18/h6-9,15,19H,4-5,11-14H2,1-3H3. The molecule has 1 aromatic carbocycles. The van der Waals surface area contributed by atoms with Gasteiger partial charge in [0, 0.05) is 19.1 Å². The van der Waals surface area contributed by atoms with Gasteiger partial charge in [-0.1, -0.05) is 26.0 Å². The second-order valence-electron chi connectivity index (χ2n) is 5.13. The van der Waals surface area contributed by atoms with Gasteiger partial charge in [-0.25, -0.2) is 0 Å². The van der Waals surface area contributed by atoms with Crippen molar-refractivity contribution in [2.45, 2.75) is 33.2 Å². The van der Waals surface area contributed by atoms with Gasteiger partial charge in [-0.2, -0.15) is 5.26 Å². The molecule has 4 nitrogen and oxygen atoms in total. The van der Waals surface area contributed by atoms with E-state index >= 15 is 0 Å². The Morgan fingerprint density at radius 3 is 2.52 bits per heavy atom. The summed E-state index contributed by atoms with van der Waals surface area (Å²) in [6.07, 6.45) is 1.20. The molecular formula is C17H27N3O. The molecule has 0 bridgehead atoms. The fraction of sp³-hybridized carbons (Fsp3) is 0.588. The zero-order valence-electron chi connectivity index (χ0n) is 13.4. The maximum absolute atomic E-state index is 8.48. The molecule has 21 heavy (non-hydrogen) atoms. The predicted octanol–water partition coefficient (Wildman–Crippen LogP) is 2.97. The lowest BCUT2D eigenvalue weighted by Gasteiger charge is -2.21. The summed E-state index contributed by atoms with van der Waals surface area (Å²) in [6, 6.07) is 10.2. The minimum absolute atomic E-state index is 0.0947. The third-order valence-corrected chi connectivity index (χ3v) is 3.55. The summed E-state index contributed by atoms with van der Waals surface area (Å²) in [6.45, 7) is 11.0. The number of nitriles is 1. The Morgan fingerprint density at radius 2 is 1.95 bits per heavy atom. The molecule has 0 amide bonds. The number of likely N-dealkylation sites (N-methyl/N-ethyl adjacent to an activating group) is 1. The predicted molar refractivity (Wildman–Crippen MR) is 86.4 cm³/mol. The van der Waals surface area contributed by atoms with Crippen LogP contribution >= 0.6 is 0 Å². The minimum Gasteiger partial charge on any atom is -0.479 e. The van der Waals surface area contributed by atoms with Crippen LogP contribution in [0.4, 0.5) is 0 Å². The highest BCUT2D eigenvalue weighted by atomic mass is 16.5. The molecule has 0 aliphatic carbocycles. The largest absolute Gasteiger partial charge is 0.479 e. The van der Waals surface area contributed by atoms with Gasteiger partial charge in [0.1, 0.15) is 11.8 Å². The van der Waals surface area contributed by atoms with Gasteiger partial charge in [-0.3, -0.25) is 0 Å². The average molecular weight is 289 g/mol. The molecule has 4 heteroatoms. The van der Waals surface area contributed by atoms with Crippen molar-refractivity contribution >= 4 is 0 Å². The molecule has 0 heterocycles. The van der Waals surface area contributed by atoms with E-state index < -0.39 is 0 Å². The first-order valence-corrected chi connectivity index (χ1v) is 7.76. The minimum atomic E-state index is 0.0947. The molecule has 1 N–H and O–H groups in total. The molecule has 1 aromatic rings. The van der Waals surface area contributed by atoms with E-state index in [0.29, 0.717) is 6.04 Å². The Kier molecular flexibility index (Phi) is 8.49. The maximum Gasteiger partial charge on any atom is 0.174 e. The molecule has 1 rings (SSSR count). The molecule has 116 valence electrons. The molecule has 0 saturated carbocycles. The van der Waals surface area contributed by atoms with E-state index in [0.717, 1.165) is 31.9 Å². The number of ether oxygens (including phenoxy) is 1. The van der Waals surface area contributed by atoms with Crippen molar-refractivity contribution in [3.63, 3.8) is 0 Å². The number of hydrogen-bond donors (Lipinski definition) is 1. The Bertz CT molecular complexity index is 425. The summed E-state index contributed by atoms with van der Waals surface area (Å²) in [5, 5.41) is 12.0. The highest BCUT2D eigenvalue weighted by Gasteiger charge is 2.06. The molecule has 0 fully saturated rings. The molecule has 0 aliphatic heterocycles. The number of nitrogens with one attached hydrogen (secondary N) is 1. The van der Waals surface area contributed by atoms with Crippen LogP contribution in [0.15, 0.2) is 24.3 Å². The van der Waals surface area contributed by atoms with Crippen LogP contribution < -0.4 is 10.1 Å². The molecule has 0 radical (unpaired) electrons. The van der Waals surface area contributed by atoms with Crippen molar-refractivity contribution in [2.75, 3.05) is 32.8 Å². The van der Waals surface area contributed by atoms with E-state index in [2.05, 4.69) is 31.0 Å². The lowest BCUT2D eigenvalue weighted by molar-refractivity contribution is 0.284. The second kappa shape index (κ2) is 10.2. The lowest BCUT2D eigenvalue weighted by atomic mass is 10.1. The number of rotatable bonds is 10. The van der Waals surface area contributed by atoms with Crippen LogP contribution in [-0.4, -0.2) is 37.7 Å². The zero-order valence-corrected chi connectivity index (χ0v) is 13.4. The van der Waals surface area contributed by atoms with Gasteiger partial charge < -0.3 is 15.0 Å². The smallest absolute Gasteiger partial charge is 0.174 e. The lowest BCUT2D eigenvalue weighted by Crippen LogP contribution is -2.33. The molecule has 1 atom stereocenters. The van der Waals surface area contributed by atoms with Crippen LogP contribution in [0.3, 0.4) is 0 Å². The maximum atomic E-state index is 8.48. The topological polar surface area (TPSA) is 48.3 Å². The Balaban J connectivity index is 2.37. The van der Waals surface area contributed by atoms with E-state index in [1.54, 1.807) is 0 Å². The highest BCUT2D eigenvalue weighted by Crippen LogP contribution is 2.17. The number of hydrogen-bond acceptors (Lipinski definition) is 4. The summed E-state index contributed by atoms with van der Waals surface area (Å²) in [5.74, 6) is 0.743. The third-order valence-electron chi connectivity index (χ3n) is 3.55. The monoisotopic (exact) mass is 289 g/mol. The van der Waals surface area contributed by atoms with Crippen molar-refractivity contribution in [3.05, 3.63) is 29.8 Å². The van der Waals surface area contributed by atoms with E-state index in [1.165, 1.54) is 12.0 Å². The van der Waals surface area contributed by atoms with Gasteiger partial charge in [0.25, 0.3) is 0 Å². The van der Waals surface area contributed by atoms with Crippen LogP contribution in [-0.2, 0) is 0 Å². The fourth-order valence-electron chi connectivity index (χ4n) is 2.27. The van der Waals surface area contributed by atoms with Crippen LogP contribution in [0.5, 0.6) is 5.75 Å². The molecular weight excluding hydrogens is 262 g/mol. The quantitative estimate of drug-likeness (QED) is 0.719. The first-order valence-electron chi connectivity index (χ1n) is 7.76. The second-order valence-corrected chi connectivity index (χ2v) is 5.13. The Morgan fingerprint density at radius 1 is 1.24 bits per heavy atom. The van der Waals surface area contributed by atoms with Gasteiger partial charge >= 0.3 is 0 Å².